The molecule has 29 heavy (non-hydrogen) atoms. The van der Waals surface area contributed by atoms with Crippen LogP contribution in [-0.2, 0) is 11.3 Å². The van der Waals surface area contributed by atoms with Gasteiger partial charge in [0.05, 0.1) is 0 Å². The molecule has 7 heteroatoms. The van der Waals surface area contributed by atoms with Gasteiger partial charge < -0.3 is 15.0 Å². The lowest BCUT2D eigenvalue weighted by Gasteiger charge is -2.31. The number of likely N-dealkylation sites (tertiary alicyclic amines) is 1. The van der Waals surface area contributed by atoms with Gasteiger partial charge >= 0.3 is 0 Å². The fourth-order valence-corrected chi connectivity index (χ4v) is 4.06. The fraction of sp³-hybridized carbons (Fsp3) is 0.455. The van der Waals surface area contributed by atoms with E-state index in [0.717, 1.165) is 32.5 Å². The third-order valence-corrected chi connectivity index (χ3v) is 6.04. The molecule has 0 radical (unpaired) electrons. The van der Waals surface area contributed by atoms with Crippen LogP contribution in [0, 0.1) is 5.92 Å². The lowest BCUT2D eigenvalue weighted by atomic mass is 9.96. The van der Waals surface area contributed by atoms with E-state index in [1.54, 1.807) is 49.7 Å². The van der Waals surface area contributed by atoms with E-state index in [1.165, 1.54) is 9.78 Å². The molecule has 2 amide bonds. The van der Waals surface area contributed by atoms with Crippen LogP contribution in [0.4, 0.5) is 0 Å². The Balaban J connectivity index is 1.41. The van der Waals surface area contributed by atoms with Gasteiger partial charge in [0.15, 0.2) is 6.61 Å². The highest BCUT2D eigenvalue weighted by Crippen LogP contribution is 2.20. The van der Waals surface area contributed by atoms with Crippen molar-refractivity contribution in [3.63, 3.8) is 0 Å². The first-order valence-corrected chi connectivity index (χ1v) is 10.8. The van der Waals surface area contributed by atoms with Crippen LogP contribution in [0.1, 0.15) is 28.1 Å². The average molecular weight is 416 g/mol. The first-order chi connectivity index (χ1) is 14.0. The summed E-state index contributed by atoms with van der Waals surface area (Å²) in [5.74, 6) is 0.811. The molecule has 3 rings (SSSR count). The van der Waals surface area contributed by atoms with E-state index in [-0.39, 0.29) is 18.4 Å². The number of benzene rings is 1. The van der Waals surface area contributed by atoms with E-state index >= 15 is 0 Å². The van der Waals surface area contributed by atoms with Crippen molar-refractivity contribution in [2.45, 2.75) is 19.4 Å². The Morgan fingerprint density at radius 2 is 2.00 bits per heavy atom. The van der Waals surface area contributed by atoms with Crippen LogP contribution in [0.15, 0.2) is 41.8 Å². The van der Waals surface area contributed by atoms with Gasteiger partial charge in [-0.1, -0.05) is 12.1 Å². The number of hydrogen-bond donors (Lipinski definition) is 1. The number of likely N-dealkylation sites (N-methyl/N-ethyl adjacent to an activating group) is 1. The molecule has 1 N–H and O–H groups in total. The van der Waals surface area contributed by atoms with Gasteiger partial charge in [-0.15, -0.1) is 11.3 Å². The predicted octanol–water partition coefficient (Wildman–Crippen LogP) is 2.86. The predicted molar refractivity (Wildman–Crippen MR) is 115 cm³/mol. The minimum Gasteiger partial charge on any atom is -0.484 e. The third kappa shape index (κ3) is 6.58. The van der Waals surface area contributed by atoms with Gasteiger partial charge in [0.1, 0.15) is 5.75 Å². The molecule has 1 saturated heterocycles. The number of piperidine rings is 1. The van der Waals surface area contributed by atoms with Crippen molar-refractivity contribution in [2.24, 2.45) is 5.92 Å². The standard InChI is InChI=1S/C22H29N3O3S/c1-24(2)21(26)16-28-19-6-3-5-18(13-19)22(27)23-14-17-8-10-25(11-9-17)15-20-7-4-12-29-20/h3-7,12-13,17H,8-11,14-16H2,1-2H3,(H,23,27). The molecular weight excluding hydrogens is 386 g/mol. The zero-order valence-corrected chi connectivity index (χ0v) is 17.9. The molecule has 0 unspecified atom stereocenters. The van der Waals surface area contributed by atoms with E-state index in [2.05, 4.69) is 27.7 Å². The maximum Gasteiger partial charge on any atom is 0.259 e. The molecule has 6 nitrogen and oxygen atoms in total. The molecular formula is C22H29N3O3S. The number of carbonyl (C=O) groups is 2. The van der Waals surface area contributed by atoms with Gasteiger partial charge in [-0.3, -0.25) is 14.5 Å². The Kier molecular flexibility index (Phi) is 7.66. The molecule has 0 atom stereocenters. The summed E-state index contributed by atoms with van der Waals surface area (Å²) in [6.45, 7) is 3.82. The summed E-state index contributed by atoms with van der Waals surface area (Å²) in [6, 6.07) is 11.3. The van der Waals surface area contributed by atoms with E-state index in [1.807, 2.05) is 0 Å². The van der Waals surface area contributed by atoms with Gasteiger partial charge in [-0.05, 0) is 61.5 Å². The highest BCUT2D eigenvalue weighted by atomic mass is 32.1. The second kappa shape index (κ2) is 10.4. The molecule has 1 aliphatic rings. The molecule has 1 aromatic carbocycles. The summed E-state index contributed by atoms with van der Waals surface area (Å²) in [4.78, 5) is 29.5. The van der Waals surface area contributed by atoms with Crippen LogP contribution in [0.5, 0.6) is 5.75 Å². The Labute approximate surface area is 176 Å². The van der Waals surface area contributed by atoms with Gasteiger partial charge in [0.25, 0.3) is 11.8 Å². The van der Waals surface area contributed by atoms with Crippen molar-refractivity contribution in [3.8, 4) is 5.75 Å². The largest absolute Gasteiger partial charge is 0.484 e. The Hall–Kier alpha value is -2.38. The molecule has 0 bridgehead atoms. The van der Waals surface area contributed by atoms with Crippen molar-refractivity contribution >= 4 is 23.2 Å². The summed E-state index contributed by atoms with van der Waals surface area (Å²) >= 11 is 1.81. The molecule has 1 aromatic heterocycles. The number of nitrogens with zero attached hydrogens (tertiary/aromatic N) is 2. The number of amides is 2. The lowest BCUT2D eigenvalue weighted by molar-refractivity contribution is -0.130. The van der Waals surface area contributed by atoms with Crippen molar-refractivity contribution < 1.29 is 14.3 Å². The molecule has 1 aliphatic heterocycles. The van der Waals surface area contributed by atoms with Crippen LogP contribution >= 0.6 is 11.3 Å². The van der Waals surface area contributed by atoms with E-state index in [4.69, 9.17) is 4.74 Å². The first kappa shape index (κ1) is 21.3. The summed E-state index contributed by atoms with van der Waals surface area (Å²) < 4.78 is 5.49. The molecule has 1 fully saturated rings. The number of thiophene rings is 1. The summed E-state index contributed by atoms with van der Waals surface area (Å²) in [5, 5.41) is 5.18. The number of carbonyl (C=O) groups excluding carboxylic acids is 2. The van der Waals surface area contributed by atoms with Gasteiger partial charge in [0, 0.05) is 37.6 Å². The topological polar surface area (TPSA) is 61.9 Å². The minimum absolute atomic E-state index is 0.0396. The quantitative estimate of drug-likeness (QED) is 0.720. The summed E-state index contributed by atoms with van der Waals surface area (Å²) in [6.07, 6.45) is 2.20. The van der Waals surface area contributed by atoms with Gasteiger partial charge in [-0.2, -0.15) is 0 Å². The van der Waals surface area contributed by atoms with Crippen LogP contribution < -0.4 is 10.1 Å². The first-order valence-electron chi connectivity index (χ1n) is 9.97. The Bertz CT molecular complexity index is 799. The van der Waals surface area contributed by atoms with Crippen molar-refractivity contribution in [3.05, 3.63) is 52.2 Å². The molecule has 0 saturated carbocycles. The normalized spacial score (nSPS) is 15.1. The van der Waals surface area contributed by atoms with Crippen molar-refractivity contribution in [1.82, 2.24) is 15.1 Å². The smallest absolute Gasteiger partial charge is 0.259 e. The fourth-order valence-electron chi connectivity index (χ4n) is 3.31. The number of nitrogens with one attached hydrogen (secondary N) is 1. The number of ether oxygens (including phenoxy) is 1. The highest BCUT2D eigenvalue weighted by Gasteiger charge is 2.20. The molecule has 0 aliphatic carbocycles. The highest BCUT2D eigenvalue weighted by molar-refractivity contribution is 7.09. The zero-order valence-electron chi connectivity index (χ0n) is 17.1. The number of rotatable bonds is 8. The van der Waals surface area contributed by atoms with E-state index in [9.17, 15) is 9.59 Å². The van der Waals surface area contributed by atoms with Crippen LogP contribution in [-0.4, -0.2) is 62.0 Å². The van der Waals surface area contributed by atoms with Crippen LogP contribution in [0.25, 0.3) is 0 Å². The SMILES string of the molecule is CN(C)C(=O)COc1cccc(C(=O)NCC2CCN(Cc3cccs3)CC2)c1. The summed E-state index contributed by atoms with van der Waals surface area (Å²) in [5.41, 5.74) is 0.551. The Morgan fingerprint density at radius 1 is 1.21 bits per heavy atom. The van der Waals surface area contributed by atoms with Crippen molar-refractivity contribution in [2.75, 3.05) is 40.3 Å². The van der Waals surface area contributed by atoms with E-state index in [0.29, 0.717) is 23.8 Å². The van der Waals surface area contributed by atoms with E-state index < -0.39 is 0 Å². The molecule has 0 spiro atoms. The maximum atomic E-state index is 12.5. The van der Waals surface area contributed by atoms with Crippen LogP contribution in [0.3, 0.4) is 0 Å². The summed E-state index contributed by atoms with van der Waals surface area (Å²) in [7, 11) is 3.37. The second-order valence-electron chi connectivity index (χ2n) is 7.61. The Morgan fingerprint density at radius 3 is 2.69 bits per heavy atom. The molecule has 2 aromatic rings. The van der Waals surface area contributed by atoms with Crippen LogP contribution in [0.2, 0.25) is 0 Å². The van der Waals surface area contributed by atoms with Gasteiger partial charge in [0.2, 0.25) is 0 Å². The lowest BCUT2D eigenvalue weighted by Crippen LogP contribution is -2.38. The average Bonchev–Trinajstić information content (AvgIpc) is 3.24. The molecule has 156 valence electrons. The third-order valence-electron chi connectivity index (χ3n) is 5.18. The zero-order chi connectivity index (χ0) is 20.6. The maximum absolute atomic E-state index is 12.5. The minimum atomic E-state index is -0.120. The number of hydrogen-bond acceptors (Lipinski definition) is 5. The molecule has 2 heterocycles. The second-order valence-corrected chi connectivity index (χ2v) is 8.65. The van der Waals surface area contributed by atoms with Crippen molar-refractivity contribution in [1.29, 1.82) is 0 Å². The monoisotopic (exact) mass is 415 g/mol. The van der Waals surface area contributed by atoms with Gasteiger partial charge in [-0.25, -0.2) is 0 Å².